The Labute approximate surface area is 160 Å². The zero-order chi connectivity index (χ0) is 21.3. The fourth-order valence-electron chi connectivity index (χ4n) is 2.74. The number of benzene rings is 2. The molecule has 3 aromatic rings. The lowest BCUT2D eigenvalue weighted by molar-refractivity contribution is -0.385. The van der Waals surface area contributed by atoms with Gasteiger partial charge in [-0.3, -0.25) is 14.9 Å². The summed E-state index contributed by atoms with van der Waals surface area (Å²) in [7, 11) is 0. The van der Waals surface area contributed by atoms with E-state index in [1.807, 2.05) is 0 Å². The van der Waals surface area contributed by atoms with Gasteiger partial charge in [0.1, 0.15) is 11.5 Å². The summed E-state index contributed by atoms with van der Waals surface area (Å²) in [5.74, 6) is -2.15. The summed E-state index contributed by atoms with van der Waals surface area (Å²) in [6.45, 7) is 1.35. The van der Waals surface area contributed by atoms with Crippen LogP contribution < -0.4 is 5.32 Å². The topological polar surface area (TPSA) is 90.1 Å². The van der Waals surface area contributed by atoms with Crippen molar-refractivity contribution in [3.8, 4) is 5.69 Å². The van der Waals surface area contributed by atoms with E-state index in [9.17, 15) is 32.5 Å². The molecular weight excluding hydrogens is 396 g/mol. The number of carbonyl (C=O) groups is 1. The van der Waals surface area contributed by atoms with Crippen molar-refractivity contribution in [3.05, 3.63) is 81.4 Å². The summed E-state index contributed by atoms with van der Waals surface area (Å²) in [5, 5.41) is 16.8. The van der Waals surface area contributed by atoms with Crippen molar-refractivity contribution in [1.82, 2.24) is 9.78 Å². The van der Waals surface area contributed by atoms with Crippen LogP contribution in [0.15, 0.2) is 48.7 Å². The molecule has 0 atom stereocenters. The monoisotopic (exact) mass is 408 g/mol. The van der Waals surface area contributed by atoms with E-state index in [4.69, 9.17) is 0 Å². The molecule has 150 valence electrons. The quantitative estimate of drug-likeness (QED) is 0.391. The van der Waals surface area contributed by atoms with Crippen molar-refractivity contribution in [2.45, 2.75) is 13.1 Å². The number of amides is 1. The maximum Gasteiger partial charge on any atom is 0.434 e. The molecule has 1 N–H and O–H groups in total. The molecule has 0 fully saturated rings. The first-order valence-electron chi connectivity index (χ1n) is 8.06. The largest absolute Gasteiger partial charge is 0.434 e. The van der Waals surface area contributed by atoms with E-state index >= 15 is 0 Å². The Morgan fingerprint density at radius 1 is 1.17 bits per heavy atom. The van der Waals surface area contributed by atoms with E-state index in [2.05, 4.69) is 10.4 Å². The van der Waals surface area contributed by atoms with Crippen LogP contribution in [0.3, 0.4) is 0 Å². The summed E-state index contributed by atoms with van der Waals surface area (Å²) >= 11 is 0. The van der Waals surface area contributed by atoms with E-state index in [-0.39, 0.29) is 16.9 Å². The summed E-state index contributed by atoms with van der Waals surface area (Å²) in [4.78, 5) is 22.8. The summed E-state index contributed by atoms with van der Waals surface area (Å²) in [5.41, 5.74) is -3.07. The number of nitrogens with zero attached hydrogens (tertiary/aromatic N) is 3. The number of hydrogen-bond donors (Lipinski definition) is 1. The summed E-state index contributed by atoms with van der Waals surface area (Å²) in [6, 6.07) is 8.47. The minimum atomic E-state index is -5.02. The van der Waals surface area contributed by atoms with Crippen LogP contribution in [0, 0.1) is 22.9 Å². The molecule has 0 aliphatic rings. The van der Waals surface area contributed by atoms with Crippen LogP contribution >= 0.6 is 0 Å². The van der Waals surface area contributed by atoms with Crippen molar-refractivity contribution < 1.29 is 27.3 Å². The first-order chi connectivity index (χ1) is 13.6. The van der Waals surface area contributed by atoms with Crippen molar-refractivity contribution in [2.24, 2.45) is 0 Å². The van der Waals surface area contributed by atoms with Gasteiger partial charge in [-0.2, -0.15) is 18.3 Å². The van der Waals surface area contributed by atoms with Gasteiger partial charge in [-0.1, -0.05) is 18.2 Å². The number of carbonyl (C=O) groups excluding carboxylic acids is 1. The Kier molecular flexibility index (Phi) is 5.06. The van der Waals surface area contributed by atoms with Crippen LogP contribution in [0.5, 0.6) is 0 Å². The second-order valence-corrected chi connectivity index (χ2v) is 5.93. The Morgan fingerprint density at radius 2 is 1.86 bits per heavy atom. The van der Waals surface area contributed by atoms with Gasteiger partial charge in [-0.15, -0.1) is 0 Å². The maximum atomic E-state index is 14.0. The van der Waals surface area contributed by atoms with Gasteiger partial charge in [0.05, 0.1) is 27.9 Å². The van der Waals surface area contributed by atoms with Crippen LogP contribution in [0.2, 0.25) is 0 Å². The molecule has 7 nitrogen and oxygen atoms in total. The summed E-state index contributed by atoms with van der Waals surface area (Å²) in [6.07, 6.45) is -4.36. The third-order valence-electron chi connectivity index (χ3n) is 4.11. The van der Waals surface area contributed by atoms with Crippen LogP contribution in [-0.4, -0.2) is 20.6 Å². The Morgan fingerprint density at radius 3 is 2.48 bits per heavy atom. The Hall–Kier alpha value is -3.76. The smallest absolute Gasteiger partial charge is 0.321 e. The van der Waals surface area contributed by atoms with Gasteiger partial charge in [-0.25, -0.2) is 9.07 Å². The molecule has 0 bridgehead atoms. The molecule has 0 aliphatic heterocycles. The fraction of sp³-hybridized carbons (Fsp3) is 0.111. The Bertz CT molecular complexity index is 1110. The molecule has 29 heavy (non-hydrogen) atoms. The van der Waals surface area contributed by atoms with Crippen LogP contribution in [0.4, 0.5) is 28.9 Å². The van der Waals surface area contributed by atoms with Crippen LogP contribution in [0.1, 0.15) is 21.6 Å². The van der Waals surface area contributed by atoms with E-state index in [0.29, 0.717) is 10.9 Å². The van der Waals surface area contributed by atoms with Crippen molar-refractivity contribution in [2.75, 3.05) is 5.32 Å². The standard InChI is InChI=1S/C18H12F4N4O3/c1-10-13(6-4-8-14(10)26(28)29)24-17(27)11-9-23-25(16(11)18(20,21)22)15-7-3-2-5-12(15)19/h2-9H,1H3,(H,24,27). The third kappa shape index (κ3) is 3.79. The minimum absolute atomic E-state index is 0.0315. The molecule has 0 radical (unpaired) electrons. The Balaban J connectivity index is 2.06. The maximum absolute atomic E-state index is 14.0. The number of nitrogens with one attached hydrogen (secondary N) is 1. The number of hydrogen-bond acceptors (Lipinski definition) is 4. The lowest BCUT2D eigenvalue weighted by Crippen LogP contribution is -2.21. The second-order valence-electron chi connectivity index (χ2n) is 5.93. The van der Waals surface area contributed by atoms with Gasteiger partial charge in [0.2, 0.25) is 0 Å². The molecule has 1 amide bonds. The molecule has 0 aliphatic carbocycles. The zero-order valence-electron chi connectivity index (χ0n) is 14.7. The SMILES string of the molecule is Cc1c(NC(=O)c2cnn(-c3ccccc3F)c2C(F)(F)F)cccc1[N+](=O)[O-]. The van der Waals surface area contributed by atoms with Crippen molar-refractivity contribution in [3.63, 3.8) is 0 Å². The zero-order valence-corrected chi connectivity index (χ0v) is 14.7. The van der Waals surface area contributed by atoms with E-state index < -0.39 is 39.8 Å². The molecule has 0 saturated heterocycles. The predicted molar refractivity (Wildman–Crippen MR) is 94.3 cm³/mol. The highest BCUT2D eigenvalue weighted by Gasteiger charge is 2.41. The average Bonchev–Trinajstić information content (AvgIpc) is 3.09. The van der Waals surface area contributed by atoms with E-state index in [0.717, 1.165) is 12.1 Å². The highest BCUT2D eigenvalue weighted by atomic mass is 19.4. The van der Waals surface area contributed by atoms with Crippen molar-refractivity contribution >= 4 is 17.3 Å². The number of aromatic nitrogens is 2. The molecule has 0 spiro atoms. The normalized spacial score (nSPS) is 11.3. The first kappa shape index (κ1) is 20.0. The predicted octanol–water partition coefficient (Wildman–Crippen LogP) is 4.50. The van der Waals surface area contributed by atoms with Crippen LogP contribution in [-0.2, 0) is 6.18 Å². The molecular formula is C18H12F4N4O3. The second kappa shape index (κ2) is 7.34. The van der Waals surface area contributed by atoms with Crippen molar-refractivity contribution in [1.29, 1.82) is 0 Å². The number of nitro groups is 1. The van der Waals surface area contributed by atoms with Gasteiger partial charge in [0.15, 0.2) is 5.69 Å². The molecule has 3 rings (SSSR count). The van der Waals surface area contributed by atoms with E-state index in [1.54, 1.807) is 0 Å². The summed E-state index contributed by atoms with van der Waals surface area (Å²) < 4.78 is 55.2. The molecule has 11 heteroatoms. The van der Waals surface area contributed by atoms with Gasteiger partial charge in [0, 0.05) is 6.07 Å². The molecule has 0 saturated carbocycles. The lowest BCUT2D eigenvalue weighted by Gasteiger charge is -2.14. The average molecular weight is 408 g/mol. The number of halogens is 4. The molecule has 1 aromatic heterocycles. The molecule has 0 unspecified atom stereocenters. The highest BCUT2D eigenvalue weighted by molar-refractivity contribution is 6.05. The third-order valence-corrected chi connectivity index (χ3v) is 4.11. The van der Waals surface area contributed by atoms with E-state index in [1.165, 1.54) is 37.3 Å². The van der Waals surface area contributed by atoms with Crippen LogP contribution in [0.25, 0.3) is 5.69 Å². The van der Waals surface area contributed by atoms with Gasteiger partial charge in [-0.05, 0) is 25.1 Å². The minimum Gasteiger partial charge on any atom is -0.321 e. The number of nitro benzene ring substituents is 1. The number of para-hydroxylation sites is 1. The van der Waals surface area contributed by atoms with Gasteiger partial charge >= 0.3 is 6.18 Å². The fourth-order valence-corrected chi connectivity index (χ4v) is 2.74. The number of alkyl halides is 3. The first-order valence-corrected chi connectivity index (χ1v) is 8.06. The van der Waals surface area contributed by atoms with Gasteiger partial charge in [0.25, 0.3) is 11.6 Å². The molecule has 1 heterocycles. The number of anilines is 1. The van der Waals surface area contributed by atoms with Gasteiger partial charge < -0.3 is 5.32 Å². The lowest BCUT2D eigenvalue weighted by atomic mass is 10.1. The molecule has 2 aromatic carbocycles. The number of rotatable bonds is 4. The highest BCUT2D eigenvalue weighted by Crippen LogP contribution is 2.35.